The Morgan fingerprint density at radius 1 is 1.17 bits per heavy atom. The molecule has 2 unspecified atom stereocenters. The molecule has 1 heterocycles. The minimum atomic E-state index is -0.487. The van der Waals surface area contributed by atoms with Crippen molar-refractivity contribution in [2.45, 2.75) is 30.4 Å². The van der Waals surface area contributed by atoms with Crippen LogP contribution < -0.4 is 9.20 Å². The van der Waals surface area contributed by atoms with Crippen LogP contribution >= 0.6 is 0 Å². The van der Waals surface area contributed by atoms with E-state index >= 15 is 0 Å². The van der Waals surface area contributed by atoms with Gasteiger partial charge in [-0.25, -0.2) is 0 Å². The van der Waals surface area contributed by atoms with E-state index in [0.717, 1.165) is 28.8 Å². The molecule has 0 spiro atoms. The van der Waals surface area contributed by atoms with E-state index in [1.807, 2.05) is 31.2 Å². The summed E-state index contributed by atoms with van der Waals surface area (Å²) in [6, 6.07) is 16.4. The summed E-state index contributed by atoms with van der Waals surface area (Å²) in [6.45, 7) is 2.61. The molecule has 3 rings (SSSR count). The van der Waals surface area contributed by atoms with Crippen molar-refractivity contribution in [1.29, 1.82) is 0 Å². The molecule has 0 bridgehead atoms. The van der Waals surface area contributed by atoms with Gasteiger partial charge in [-0.15, -0.1) is 0 Å². The maximum absolute atomic E-state index is 10.1. The monoisotopic (exact) mass is 378 g/mol. The van der Waals surface area contributed by atoms with E-state index in [0.29, 0.717) is 4.82 Å². The second kappa shape index (κ2) is 7.50. The summed E-state index contributed by atoms with van der Waals surface area (Å²) in [4.78, 5) is 0.457. The molecule has 2 aromatic carbocycles. The van der Waals surface area contributed by atoms with Crippen LogP contribution in [0.4, 0.5) is 0 Å². The molecule has 1 fully saturated rings. The van der Waals surface area contributed by atoms with Crippen molar-refractivity contribution < 1.29 is 14.6 Å². The van der Waals surface area contributed by atoms with Crippen LogP contribution in [0.3, 0.4) is 0 Å². The van der Waals surface area contributed by atoms with Gasteiger partial charge < -0.3 is 0 Å². The summed E-state index contributed by atoms with van der Waals surface area (Å²) in [5.41, 5.74) is 2.22. The topological polar surface area (TPSA) is 38.7 Å². The number of benzene rings is 2. The maximum atomic E-state index is 10.1. The van der Waals surface area contributed by atoms with Gasteiger partial charge >= 0.3 is 143 Å². The molecular formula is C19H22O3Se. The van der Waals surface area contributed by atoms with E-state index < -0.39 is 6.10 Å². The average Bonchev–Trinajstić information content (AvgIpc) is 3.04. The molecule has 1 N–H and O–H groups in total. The molecule has 0 aliphatic carbocycles. The molecule has 1 aliphatic heterocycles. The minimum absolute atomic E-state index is 0.142. The SMILES string of the molecule is COc1cccc([C@H](C)O)c1[Se]C1CCOC1c1ccccc1. The van der Waals surface area contributed by atoms with Crippen LogP contribution in [-0.2, 0) is 4.74 Å². The van der Waals surface area contributed by atoms with Crippen molar-refractivity contribution in [3.63, 3.8) is 0 Å². The third-order valence-electron chi connectivity index (χ3n) is 4.11. The predicted molar refractivity (Wildman–Crippen MR) is 92.5 cm³/mol. The van der Waals surface area contributed by atoms with E-state index in [1.54, 1.807) is 7.11 Å². The molecule has 23 heavy (non-hydrogen) atoms. The summed E-state index contributed by atoms with van der Waals surface area (Å²) in [7, 11) is 1.70. The van der Waals surface area contributed by atoms with Crippen molar-refractivity contribution in [1.82, 2.24) is 0 Å². The molecule has 3 atom stereocenters. The Morgan fingerprint density at radius 3 is 2.65 bits per heavy atom. The van der Waals surface area contributed by atoms with Gasteiger partial charge in [0, 0.05) is 0 Å². The first kappa shape index (κ1) is 16.5. The Kier molecular flexibility index (Phi) is 5.39. The van der Waals surface area contributed by atoms with Crippen LogP contribution in [0.15, 0.2) is 48.5 Å². The zero-order valence-electron chi connectivity index (χ0n) is 13.4. The first-order valence-electron chi connectivity index (χ1n) is 7.89. The van der Waals surface area contributed by atoms with Crippen molar-refractivity contribution in [3.05, 3.63) is 59.7 Å². The Morgan fingerprint density at radius 2 is 1.96 bits per heavy atom. The van der Waals surface area contributed by atoms with E-state index in [2.05, 4.69) is 24.3 Å². The number of hydrogen-bond acceptors (Lipinski definition) is 3. The van der Waals surface area contributed by atoms with Gasteiger partial charge in [-0.1, -0.05) is 0 Å². The summed E-state index contributed by atoms with van der Waals surface area (Å²) in [6.07, 6.45) is 0.707. The molecule has 0 amide bonds. The Bertz CT molecular complexity index is 642. The van der Waals surface area contributed by atoms with Crippen LogP contribution in [0.2, 0.25) is 4.82 Å². The fourth-order valence-corrected chi connectivity index (χ4v) is 6.13. The van der Waals surface area contributed by atoms with Crippen LogP contribution in [0.5, 0.6) is 5.75 Å². The molecule has 1 saturated heterocycles. The van der Waals surface area contributed by atoms with Crippen LogP contribution in [0.25, 0.3) is 0 Å². The first-order chi connectivity index (χ1) is 11.2. The number of rotatable bonds is 5. The normalized spacial score (nSPS) is 22.0. The van der Waals surface area contributed by atoms with E-state index in [1.165, 1.54) is 5.56 Å². The molecule has 2 aromatic rings. The average molecular weight is 377 g/mol. The number of methoxy groups -OCH3 is 1. The van der Waals surface area contributed by atoms with Crippen LogP contribution in [-0.4, -0.2) is 33.8 Å². The summed E-state index contributed by atoms with van der Waals surface area (Å²) in [5.74, 6) is 0.877. The number of ether oxygens (including phenoxy) is 2. The summed E-state index contributed by atoms with van der Waals surface area (Å²) >= 11 is 0.177. The first-order valence-corrected chi connectivity index (χ1v) is 9.73. The van der Waals surface area contributed by atoms with Crippen LogP contribution in [0, 0.1) is 0 Å². The Hall–Kier alpha value is -1.32. The van der Waals surface area contributed by atoms with Crippen molar-refractivity contribution in [2.75, 3.05) is 13.7 Å². The quantitative estimate of drug-likeness (QED) is 0.815. The zero-order valence-corrected chi connectivity index (χ0v) is 15.2. The molecule has 4 heteroatoms. The Balaban J connectivity index is 1.89. The predicted octanol–water partition coefficient (Wildman–Crippen LogP) is 3.03. The van der Waals surface area contributed by atoms with Gasteiger partial charge in [0.25, 0.3) is 0 Å². The van der Waals surface area contributed by atoms with Gasteiger partial charge in [-0.05, 0) is 0 Å². The van der Waals surface area contributed by atoms with Gasteiger partial charge in [0.2, 0.25) is 0 Å². The van der Waals surface area contributed by atoms with Crippen LogP contribution in [0.1, 0.15) is 36.7 Å². The Labute approximate surface area is 143 Å². The molecule has 0 aromatic heterocycles. The van der Waals surface area contributed by atoms with Gasteiger partial charge in [0.15, 0.2) is 0 Å². The molecule has 1 aliphatic rings. The summed E-state index contributed by atoms with van der Waals surface area (Å²) in [5, 5.41) is 10.1. The van der Waals surface area contributed by atoms with Crippen molar-refractivity contribution in [2.24, 2.45) is 0 Å². The van der Waals surface area contributed by atoms with Gasteiger partial charge in [0.05, 0.1) is 0 Å². The van der Waals surface area contributed by atoms with E-state index in [4.69, 9.17) is 9.47 Å². The van der Waals surface area contributed by atoms with Gasteiger partial charge in [-0.3, -0.25) is 0 Å². The molecule has 0 radical (unpaired) electrons. The zero-order chi connectivity index (χ0) is 16.2. The fraction of sp³-hybridized carbons (Fsp3) is 0.368. The third kappa shape index (κ3) is 3.61. The number of aliphatic hydroxyl groups excluding tert-OH is 1. The third-order valence-corrected chi connectivity index (χ3v) is 7.17. The second-order valence-electron chi connectivity index (χ2n) is 5.70. The number of hydrogen-bond donors (Lipinski definition) is 1. The summed E-state index contributed by atoms with van der Waals surface area (Å²) < 4.78 is 12.7. The number of aliphatic hydroxyl groups is 1. The van der Waals surface area contributed by atoms with E-state index in [9.17, 15) is 5.11 Å². The standard InChI is InChI=1S/C19H22O3Se/c1-13(20)15-9-6-10-16(21-2)19(15)23-17-11-12-22-18(17)14-7-4-3-5-8-14/h3-10,13,17-18,20H,11-12H2,1-2H3/t13-,17?,18?/m0/s1. The van der Waals surface area contributed by atoms with Crippen molar-refractivity contribution in [3.8, 4) is 5.75 Å². The molecule has 3 nitrogen and oxygen atoms in total. The van der Waals surface area contributed by atoms with E-state index in [-0.39, 0.29) is 21.1 Å². The fourth-order valence-electron chi connectivity index (χ4n) is 2.94. The van der Waals surface area contributed by atoms with Gasteiger partial charge in [0.1, 0.15) is 0 Å². The van der Waals surface area contributed by atoms with Gasteiger partial charge in [-0.2, -0.15) is 0 Å². The molecule has 0 saturated carbocycles. The molecular weight excluding hydrogens is 355 g/mol. The van der Waals surface area contributed by atoms with Crippen molar-refractivity contribution >= 4 is 19.4 Å². The molecule has 122 valence electrons. The second-order valence-corrected chi connectivity index (χ2v) is 8.32.